The number of hydrogen-bond acceptors (Lipinski definition) is 3. The van der Waals surface area contributed by atoms with Gasteiger partial charge in [-0.05, 0) is 50.2 Å². The fourth-order valence-electron chi connectivity index (χ4n) is 3.02. The van der Waals surface area contributed by atoms with Gasteiger partial charge in [0.1, 0.15) is 5.82 Å². The first kappa shape index (κ1) is 16.9. The Labute approximate surface area is 142 Å². The number of anilines is 1. The Morgan fingerprint density at radius 2 is 1.62 bits per heavy atom. The number of benzene rings is 2. The molecule has 1 aliphatic rings. The normalized spacial score (nSPS) is 19.5. The third-order valence-electron chi connectivity index (χ3n) is 4.41. The van der Waals surface area contributed by atoms with Crippen LogP contribution in [-0.4, -0.2) is 38.4 Å². The number of halogens is 1. The van der Waals surface area contributed by atoms with Gasteiger partial charge in [-0.2, -0.15) is 4.31 Å². The van der Waals surface area contributed by atoms with E-state index in [-0.39, 0.29) is 10.9 Å². The number of aryl methyl sites for hydroxylation is 1. The van der Waals surface area contributed by atoms with Gasteiger partial charge in [0, 0.05) is 31.4 Å². The average Bonchev–Trinajstić information content (AvgIpc) is 2.56. The lowest BCUT2D eigenvalue weighted by atomic mass is 10.1. The van der Waals surface area contributed by atoms with Gasteiger partial charge in [0.25, 0.3) is 0 Å². The van der Waals surface area contributed by atoms with E-state index in [2.05, 4.69) is 29.2 Å². The van der Waals surface area contributed by atoms with Crippen molar-refractivity contribution in [2.45, 2.75) is 24.8 Å². The van der Waals surface area contributed by atoms with E-state index in [0.717, 1.165) is 5.69 Å². The zero-order chi connectivity index (χ0) is 17.3. The van der Waals surface area contributed by atoms with Crippen molar-refractivity contribution in [1.82, 2.24) is 4.31 Å². The summed E-state index contributed by atoms with van der Waals surface area (Å²) in [6.07, 6.45) is 0. The quantitative estimate of drug-likeness (QED) is 0.856. The molecular weight excluding hydrogens is 327 g/mol. The van der Waals surface area contributed by atoms with Crippen LogP contribution in [0.2, 0.25) is 0 Å². The molecule has 1 atom stereocenters. The highest BCUT2D eigenvalue weighted by Crippen LogP contribution is 2.24. The summed E-state index contributed by atoms with van der Waals surface area (Å²) >= 11 is 0. The van der Waals surface area contributed by atoms with Gasteiger partial charge in [-0.1, -0.05) is 17.7 Å². The smallest absolute Gasteiger partial charge is 0.243 e. The highest BCUT2D eigenvalue weighted by molar-refractivity contribution is 7.89. The van der Waals surface area contributed by atoms with E-state index in [1.165, 1.54) is 34.1 Å². The molecule has 0 amide bonds. The molecule has 1 fully saturated rings. The van der Waals surface area contributed by atoms with E-state index in [0.29, 0.717) is 19.6 Å². The fourth-order valence-corrected chi connectivity index (χ4v) is 4.53. The average molecular weight is 348 g/mol. The van der Waals surface area contributed by atoms with Crippen molar-refractivity contribution in [3.8, 4) is 0 Å². The van der Waals surface area contributed by atoms with Crippen molar-refractivity contribution in [3.05, 3.63) is 59.9 Å². The van der Waals surface area contributed by atoms with Crippen LogP contribution in [0.5, 0.6) is 0 Å². The first-order valence-electron chi connectivity index (χ1n) is 7.97. The molecule has 0 N–H and O–H groups in total. The molecule has 3 rings (SSSR count). The van der Waals surface area contributed by atoms with Crippen LogP contribution in [0.4, 0.5) is 10.1 Å². The van der Waals surface area contributed by atoms with Gasteiger partial charge < -0.3 is 4.90 Å². The molecule has 1 saturated heterocycles. The van der Waals surface area contributed by atoms with Crippen LogP contribution in [0.15, 0.2) is 53.4 Å². The summed E-state index contributed by atoms with van der Waals surface area (Å²) in [7, 11) is -3.58. The molecule has 1 heterocycles. The Balaban J connectivity index is 1.77. The first-order chi connectivity index (χ1) is 11.4. The largest absolute Gasteiger partial charge is 0.366 e. The molecule has 0 bridgehead atoms. The second kappa shape index (κ2) is 6.53. The van der Waals surface area contributed by atoms with E-state index in [9.17, 15) is 12.8 Å². The second-order valence-electron chi connectivity index (χ2n) is 6.19. The molecule has 2 aromatic rings. The zero-order valence-electron chi connectivity index (χ0n) is 13.8. The predicted molar refractivity (Wildman–Crippen MR) is 93.1 cm³/mol. The SMILES string of the molecule is Cc1ccc(N2CCN(S(=O)(=O)c3ccc(F)cc3)CC2C)cc1. The monoisotopic (exact) mass is 348 g/mol. The molecular formula is C18H21FN2O2S. The summed E-state index contributed by atoms with van der Waals surface area (Å²) < 4.78 is 39.9. The fraction of sp³-hybridized carbons (Fsp3) is 0.333. The van der Waals surface area contributed by atoms with Gasteiger partial charge in [0.2, 0.25) is 10.0 Å². The van der Waals surface area contributed by atoms with E-state index in [1.54, 1.807) is 0 Å². The van der Waals surface area contributed by atoms with Gasteiger partial charge in [0.15, 0.2) is 0 Å². The molecule has 128 valence electrons. The number of hydrogen-bond donors (Lipinski definition) is 0. The maximum Gasteiger partial charge on any atom is 0.243 e. The number of piperazine rings is 1. The van der Waals surface area contributed by atoms with Gasteiger partial charge in [-0.25, -0.2) is 12.8 Å². The summed E-state index contributed by atoms with van der Waals surface area (Å²) in [5, 5.41) is 0. The van der Waals surface area contributed by atoms with E-state index < -0.39 is 15.8 Å². The maximum absolute atomic E-state index is 13.0. The molecule has 0 aromatic heterocycles. The van der Waals surface area contributed by atoms with Gasteiger partial charge in [-0.15, -0.1) is 0 Å². The summed E-state index contributed by atoms with van der Waals surface area (Å²) in [6, 6.07) is 13.3. The van der Waals surface area contributed by atoms with Crippen molar-refractivity contribution >= 4 is 15.7 Å². The van der Waals surface area contributed by atoms with E-state index >= 15 is 0 Å². The second-order valence-corrected chi connectivity index (χ2v) is 8.13. The van der Waals surface area contributed by atoms with Crippen molar-refractivity contribution in [1.29, 1.82) is 0 Å². The minimum absolute atomic E-state index is 0.0664. The van der Waals surface area contributed by atoms with Gasteiger partial charge in [0.05, 0.1) is 4.90 Å². The van der Waals surface area contributed by atoms with E-state index in [4.69, 9.17) is 0 Å². The highest BCUT2D eigenvalue weighted by atomic mass is 32.2. The minimum atomic E-state index is -3.58. The standard InChI is InChI=1S/C18H21FN2O2S/c1-14-3-7-17(8-4-14)21-12-11-20(13-15(21)2)24(22,23)18-9-5-16(19)6-10-18/h3-10,15H,11-13H2,1-2H3. The lowest BCUT2D eigenvalue weighted by molar-refractivity contribution is 0.342. The number of sulfonamides is 1. The molecule has 2 aromatic carbocycles. The topological polar surface area (TPSA) is 40.6 Å². The lowest BCUT2D eigenvalue weighted by Gasteiger charge is -2.40. The van der Waals surface area contributed by atoms with Crippen molar-refractivity contribution < 1.29 is 12.8 Å². The molecule has 24 heavy (non-hydrogen) atoms. The first-order valence-corrected chi connectivity index (χ1v) is 9.41. The predicted octanol–water partition coefficient (Wildman–Crippen LogP) is 3.03. The van der Waals surface area contributed by atoms with E-state index in [1.807, 2.05) is 13.8 Å². The number of nitrogens with zero attached hydrogens (tertiary/aromatic N) is 2. The van der Waals surface area contributed by atoms with Crippen LogP contribution in [0.25, 0.3) is 0 Å². The van der Waals surface area contributed by atoms with Crippen LogP contribution >= 0.6 is 0 Å². The van der Waals surface area contributed by atoms with Gasteiger partial charge in [-0.3, -0.25) is 0 Å². The Hall–Kier alpha value is -1.92. The highest BCUT2D eigenvalue weighted by Gasteiger charge is 2.32. The molecule has 4 nitrogen and oxygen atoms in total. The van der Waals surface area contributed by atoms with Crippen LogP contribution in [0.1, 0.15) is 12.5 Å². The summed E-state index contributed by atoms with van der Waals surface area (Å²) in [5.41, 5.74) is 2.30. The molecule has 1 unspecified atom stereocenters. The van der Waals surface area contributed by atoms with Crippen molar-refractivity contribution in [2.75, 3.05) is 24.5 Å². The summed E-state index contributed by atoms with van der Waals surface area (Å²) in [6.45, 7) is 5.52. The van der Waals surface area contributed by atoms with Crippen LogP contribution in [0, 0.1) is 12.7 Å². The van der Waals surface area contributed by atoms with Crippen LogP contribution in [-0.2, 0) is 10.0 Å². The number of rotatable bonds is 3. The minimum Gasteiger partial charge on any atom is -0.366 e. The third kappa shape index (κ3) is 3.30. The van der Waals surface area contributed by atoms with Crippen molar-refractivity contribution in [2.24, 2.45) is 0 Å². The third-order valence-corrected chi connectivity index (χ3v) is 6.29. The Morgan fingerprint density at radius 3 is 2.21 bits per heavy atom. The summed E-state index contributed by atoms with van der Waals surface area (Å²) in [5.74, 6) is -0.438. The van der Waals surface area contributed by atoms with Crippen LogP contribution < -0.4 is 4.90 Å². The Bertz CT molecular complexity index is 804. The maximum atomic E-state index is 13.0. The Morgan fingerprint density at radius 1 is 1.00 bits per heavy atom. The molecule has 0 radical (unpaired) electrons. The molecule has 0 saturated carbocycles. The Kier molecular flexibility index (Phi) is 4.60. The summed E-state index contributed by atoms with van der Waals surface area (Å²) in [4.78, 5) is 2.36. The van der Waals surface area contributed by atoms with Gasteiger partial charge >= 0.3 is 0 Å². The van der Waals surface area contributed by atoms with Crippen LogP contribution in [0.3, 0.4) is 0 Å². The molecule has 0 aliphatic carbocycles. The molecule has 0 spiro atoms. The molecule has 6 heteroatoms. The van der Waals surface area contributed by atoms with Crippen molar-refractivity contribution in [3.63, 3.8) is 0 Å². The lowest BCUT2D eigenvalue weighted by Crippen LogP contribution is -2.53. The molecule has 1 aliphatic heterocycles. The zero-order valence-corrected chi connectivity index (χ0v) is 14.6.